The molecule has 0 radical (unpaired) electrons. The van der Waals surface area contributed by atoms with Gasteiger partial charge in [-0.15, -0.1) is 0 Å². The predicted molar refractivity (Wildman–Crippen MR) is 108 cm³/mol. The standard InChI is InChI=1S/C22H34N2O3/c1-6-8-9-10-17-15-22(16-18(17)23-19(25)7-2)11-13-24(14-12-22)20(26)27-21(3,4)5/h6,8-10,15,18H,7,11-14,16H2,1-5H3,(H,23,25)/b8-6-,10-9-/t18-/m0/s1. The summed E-state index contributed by atoms with van der Waals surface area (Å²) >= 11 is 0. The Hall–Kier alpha value is -2.04. The topological polar surface area (TPSA) is 58.6 Å². The van der Waals surface area contributed by atoms with Crippen molar-refractivity contribution in [1.82, 2.24) is 10.2 Å². The monoisotopic (exact) mass is 374 g/mol. The number of piperidine rings is 1. The van der Waals surface area contributed by atoms with Gasteiger partial charge in [0.2, 0.25) is 5.91 Å². The molecule has 1 fully saturated rings. The van der Waals surface area contributed by atoms with Gasteiger partial charge in [-0.05, 0) is 57.9 Å². The number of carbonyl (C=O) groups excluding carboxylic acids is 2. The Morgan fingerprint density at radius 3 is 2.52 bits per heavy atom. The van der Waals surface area contributed by atoms with E-state index in [1.165, 1.54) is 5.57 Å². The molecular formula is C22H34N2O3. The predicted octanol–water partition coefficient (Wildman–Crippen LogP) is 4.36. The van der Waals surface area contributed by atoms with Crippen molar-refractivity contribution in [3.05, 3.63) is 36.0 Å². The Bertz CT molecular complexity index is 632. The fraction of sp³-hybridized carbons (Fsp3) is 0.636. The molecule has 5 heteroatoms. The number of likely N-dealkylation sites (tertiary alicyclic amines) is 1. The molecule has 27 heavy (non-hydrogen) atoms. The molecule has 2 amide bonds. The molecule has 1 N–H and O–H groups in total. The summed E-state index contributed by atoms with van der Waals surface area (Å²) in [6.45, 7) is 10.9. The molecular weight excluding hydrogens is 340 g/mol. The van der Waals surface area contributed by atoms with E-state index in [-0.39, 0.29) is 23.5 Å². The largest absolute Gasteiger partial charge is 0.444 e. The van der Waals surface area contributed by atoms with Crippen LogP contribution in [0.2, 0.25) is 0 Å². The van der Waals surface area contributed by atoms with E-state index in [2.05, 4.69) is 17.5 Å². The molecule has 0 aromatic rings. The van der Waals surface area contributed by atoms with Gasteiger partial charge in [0.1, 0.15) is 5.60 Å². The first-order chi connectivity index (χ1) is 12.7. The second kappa shape index (κ2) is 8.77. The normalized spacial score (nSPS) is 22.5. The van der Waals surface area contributed by atoms with E-state index in [4.69, 9.17) is 4.74 Å². The van der Waals surface area contributed by atoms with Crippen LogP contribution in [-0.2, 0) is 9.53 Å². The van der Waals surface area contributed by atoms with Gasteiger partial charge in [-0.1, -0.05) is 37.3 Å². The summed E-state index contributed by atoms with van der Waals surface area (Å²) in [7, 11) is 0. The highest BCUT2D eigenvalue weighted by atomic mass is 16.6. The van der Waals surface area contributed by atoms with Crippen LogP contribution in [0.15, 0.2) is 36.0 Å². The third-order valence-electron chi connectivity index (χ3n) is 5.15. The minimum atomic E-state index is -0.472. The quantitative estimate of drug-likeness (QED) is 0.744. The van der Waals surface area contributed by atoms with E-state index in [1.54, 1.807) is 4.90 Å². The highest BCUT2D eigenvalue weighted by molar-refractivity contribution is 5.76. The Balaban J connectivity index is 2.07. The third-order valence-corrected chi connectivity index (χ3v) is 5.15. The number of hydrogen-bond donors (Lipinski definition) is 1. The highest BCUT2D eigenvalue weighted by Gasteiger charge is 2.42. The number of amides is 2. The van der Waals surface area contributed by atoms with Crippen molar-refractivity contribution in [3.8, 4) is 0 Å². The summed E-state index contributed by atoms with van der Waals surface area (Å²) in [6, 6.07) is 0.0482. The van der Waals surface area contributed by atoms with Crippen molar-refractivity contribution in [3.63, 3.8) is 0 Å². The molecule has 2 aliphatic rings. The SMILES string of the molecule is C/C=C\C=C/C1=CC2(CCN(C(=O)OC(C)(C)C)CC2)C[C@@H]1NC(=O)CC. The average molecular weight is 375 g/mol. The second-order valence-electron chi connectivity index (χ2n) is 8.54. The summed E-state index contributed by atoms with van der Waals surface area (Å²) in [6.07, 6.45) is 13.4. The minimum Gasteiger partial charge on any atom is -0.444 e. The van der Waals surface area contributed by atoms with Gasteiger partial charge in [0.25, 0.3) is 0 Å². The lowest BCUT2D eigenvalue weighted by atomic mass is 9.77. The Kier molecular flexibility index (Phi) is 6.90. The zero-order valence-electron chi connectivity index (χ0n) is 17.4. The number of allylic oxidation sites excluding steroid dienone is 4. The fourth-order valence-electron chi connectivity index (χ4n) is 3.72. The molecule has 1 saturated heterocycles. The zero-order chi connectivity index (χ0) is 20.1. The first kappa shape index (κ1) is 21.3. The number of ether oxygens (including phenoxy) is 1. The summed E-state index contributed by atoms with van der Waals surface area (Å²) in [5.41, 5.74) is 0.736. The number of rotatable bonds is 4. The van der Waals surface area contributed by atoms with Gasteiger partial charge < -0.3 is 15.0 Å². The molecule has 0 saturated carbocycles. The maximum Gasteiger partial charge on any atom is 0.410 e. The van der Waals surface area contributed by atoms with Crippen LogP contribution in [0.5, 0.6) is 0 Å². The molecule has 2 rings (SSSR count). The van der Waals surface area contributed by atoms with E-state index in [0.717, 1.165) is 19.3 Å². The van der Waals surface area contributed by atoms with Crippen LogP contribution in [0.1, 0.15) is 60.3 Å². The maximum absolute atomic E-state index is 12.3. The Morgan fingerprint density at radius 2 is 1.96 bits per heavy atom. The van der Waals surface area contributed by atoms with Gasteiger partial charge in [-0.25, -0.2) is 4.79 Å². The van der Waals surface area contributed by atoms with Crippen molar-refractivity contribution in [2.45, 2.75) is 71.9 Å². The first-order valence-electron chi connectivity index (χ1n) is 9.97. The van der Waals surface area contributed by atoms with Gasteiger partial charge >= 0.3 is 6.09 Å². The highest BCUT2D eigenvalue weighted by Crippen LogP contribution is 2.45. The molecule has 1 spiro atoms. The van der Waals surface area contributed by atoms with E-state index in [1.807, 2.05) is 52.8 Å². The molecule has 150 valence electrons. The van der Waals surface area contributed by atoms with Gasteiger partial charge in [0, 0.05) is 19.5 Å². The average Bonchev–Trinajstić information content (AvgIpc) is 2.91. The van der Waals surface area contributed by atoms with Crippen LogP contribution < -0.4 is 5.32 Å². The molecule has 0 aromatic carbocycles. The van der Waals surface area contributed by atoms with Crippen LogP contribution in [0.25, 0.3) is 0 Å². The van der Waals surface area contributed by atoms with Gasteiger partial charge in [0.05, 0.1) is 6.04 Å². The van der Waals surface area contributed by atoms with E-state index in [0.29, 0.717) is 19.5 Å². The van der Waals surface area contributed by atoms with Crippen molar-refractivity contribution in [2.75, 3.05) is 13.1 Å². The molecule has 0 unspecified atom stereocenters. The van der Waals surface area contributed by atoms with Gasteiger partial charge in [0.15, 0.2) is 0 Å². The summed E-state index contributed by atoms with van der Waals surface area (Å²) in [5, 5.41) is 3.15. The summed E-state index contributed by atoms with van der Waals surface area (Å²) in [4.78, 5) is 26.1. The number of hydrogen-bond acceptors (Lipinski definition) is 3. The lowest BCUT2D eigenvalue weighted by Crippen LogP contribution is -2.45. The lowest BCUT2D eigenvalue weighted by Gasteiger charge is -2.39. The van der Waals surface area contributed by atoms with Gasteiger partial charge in [-0.3, -0.25) is 4.79 Å². The van der Waals surface area contributed by atoms with E-state index in [9.17, 15) is 9.59 Å². The van der Waals surface area contributed by atoms with E-state index < -0.39 is 5.60 Å². The molecule has 0 bridgehead atoms. The maximum atomic E-state index is 12.3. The smallest absolute Gasteiger partial charge is 0.410 e. The Morgan fingerprint density at radius 1 is 1.30 bits per heavy atom. The number of nitrogens with zero attached hydrogens (tertiary/aromatic N) is 1. The van der Waals surface area contributed by atoms with Crippen LogP contribution in [-0.4, -0.2) is 41.6 Å². The van der Waals surface area contributed by atoms with Crippen molar-refractivity contribution < 1.29 is 14.3 Å². The number of nitrogens with one attached hydrogen (secondary N) is 1. The van der Waals surface area contributed by atoms with Crippen LogP contribution >= 0.6 is 0 Å². The Labute approximate surface area is 163 Å². The van der Waals surface area contributed by atoms with E-state index >= 15 is 0 Å². The van der Waals surface area contributed by atoms with Gasteiger partial charge in [-0.2, -0.15) is 0 Å². The molecule has 1 aliphatic heterocycles. The van der Waals surface area contributed by atoms with Crippen molar-refractivity contribution in [2.24, 2.45) is 5.41 Å². The minimum absolute atomic E-state index is 0.0415. The molecule has 5 nitrogen and oxygen atoms in total. The van der Waals surface area contributed by atoms with Crippen LogP contribution in [0.4, 0.5) is 4.79 Å². The molecule has 1 aliphatic carbocycles. The molecule has 0 aromatic heterocycles. The number of carbonyl (C=O) groups is 2. The van der Waals surface area contributed by atoms with Crippen molar-refractivity contribution >= 4 is 12.0 Å². The van der Waals surface area contributed by atoms with Crippen molar-refractivity contribution in [1.29, 1.82) is 0 Å². The first-order valence-corrected chi connectivity index (χ1v) is 9.97. The lowest BCUT2D eigenvalue weighted by molar-refractivity contribution is -0.121. The second-order valence-corrected chi connectivity index (χ2v) is 8.54. The fourth-order valence-corrected chi connectivity index (χ4v) is 3.72. The third kappa shape index (κ3) is 5.98. The molecule has 1 atom stereocenters. The van der Waals surface area contributed by atoms with Crippen LogP contribution in [0.3, 0.4) is 0 Å². The zero-order valence-corrected chi connectivity index (χ0v) is 17.4. The summed E-state index contributed by atoms with van der Waals surface area (Å²) in [5.74, 6) is 0.0774. The van der Waals surface area contributed by atoms with Crippen LogP contribution in [0, 0.1) is 5.41 Å². The molecule has 1 heterocycles. The summed E-state index contributed by atoms with van der Waals surface area (Å²) < 4.78 is 5.50.